The van der Waals surface area contributed by atoms with Crippen LogP contribution in [0.5, 0.6) is 11.5 Å². The molecule has 1 N–H and O–H groups in total. The summed E-state index contributed by atoms with van der Waals surface area (Å²) in [5.74, 6) is 0.807. The summed E-state index contributed by atoms with van der Waals surface area (Å²) in [4.78, 5) is 14.1. The van der Waals surface area contributed by atoms with Gasteiger partial charge in [-0.2, -0.15) is 4.80 Å². The molecule has 9 heteroatoms. The maximum atomic E-state index is 12.6. The average Bonchev–Trinajstić information content (AvgIpc) is 3.19. The molecule has 4 rings (SSSR count). The lowest BCUT2D eigenvalue weighted by molar-refractivity contribution is -0.122. The Balaban J connectivity index is 1.48. The highest BCUT2D eigenvalue weighted by molar-refractivity contribution is 6.35. The number of anilines is 1. The molecule has 0 aliphatic carbocycles. The minimum Gasteiger partial charge on any atom is -0.497 e. The standard InChI is InChI=1S/C22H18Cl2N4O3/c1-13(31-21-10-3-14(23)11-18(21)24)22(29)25-15-4-9-19-20(12-15)27-28(26-19)16-5-7-17(30-2)8-6-16/h3-13H,1-2H3,(H,25,29)/t13-/m1/s1. The largest absolute Gasteiger partial charge is 0.497 e. The van der Waals surface area contributed by atoms with Crippen molar-refractivity contribution in [2.75, 3.05) is 12.4 Å². The zero-order chi connectivity index (χ0) is 22.0. The molecule has 3 aromatic carbocycles. The molecule has 7 nitrogen and oxygen atoms in total. The van der Waals surface area contributed by atoms with Crippen molar-refractivity contribution in [2.24, 2.45) is 0 Å². The summed E-state index contributed by atoms with van der Waals surface area (Å²) in [7, 11) is 1.61. The summed E-state index contributed by atoms with van der Waals surface area (Å²) in [6.45, 7) is 1.64. The smallest absolute Gasteiger partial charge is 0.265 e. The van der Waals surface area contributed by atoms with E-state index >= 15 is 0 Å². The Hall–Kier alpha value is -3.29. The third kappa shape index (κ3) is 4.73. The Morgan fingerprint density at radius 3 is 2.45 bits per heavy atom. The first-order chi connectivity index (χ1) is 14.9. The molecule has 1 amide bonds. The van der Waals surface area contributed by atoms with Crippen LogP contribution in [-0.4, -0.2) is 34.1 Å². The molecule has 0 aliphatic heterocycles. The highest BCUT2D eigenvalue weighted by atomic mass is 35.5. The van der Waals surface area contributed by atoms with Gasteiger partial charge in [-0.05, 0) is 67.6 Å². The molecular weight excluding hydrogens is 439 g/mol. The van der Waals surface area contributed by atoms with Crippen LogP contribution in [0.25, 0.3) is 16.7 Å². The number of ether oxygens (including phenoxy) is 2. The third-order valence-corrected chi connectivity index (χ3v) is 5.05. The summed E-state index contributed by atoms with van der Waals surface area (Å²) in [5.41, 5.74) is 2.72. The number of aromatic nitrogens is 3. The summed E-state index contributed by atoms with van der Waals surface area (Å²) < 4.78 is 10.8. The van der Waals surface area contributed by atoms with Crippen LogP contribution in [-0.2, 0) is 4.79 Å². The molecule has 4 aromatic rings. The molecule has 1 atom stereocenters. The normalized spacial score (nSPS) is 11.9. The topological polar surface area (TPSA) is 78.3 Å². The predicted molar refractivity (Wildman–Crippen MR) is 121 cm³/mol. The molecule has 0 bridgehead atoms. The van der Waals surface area contributed by atoms with Crippen LogP contribution >= 0.6 is 23.2 Å². The SMILES string of the molecule is COc1ccc(-n2nc3ccc(NC(=O)[C@@H](C)Oc4ccc(Cl)cc4Cl)cc3n2)cc1. The monoisotopic (exact) mass is 456 g/mol. The van der Waals surface area contributed by atoms with E-state index in [1.54, 1.807) is 50.4 Å². The number of amides is 1. The first-order valence-corrected chi connectivity index (χ1v) is 10.1. The fraction of sp³-hybridized carbons (Fsp3) is 0.136. The molecule has 0 unspecified atom stereocenters. The third-order valence-electron chi connectivity index (χ3n) is 4.52. The second kappa shape index (κ2) is 8.83. The second-order valence-corrected chi connectivity index (χ2v) is 7.56. The van der Waals surface area contributed by atoms with Gasteiger partial charge in [0.1, 0.15) is 22.5 Å². The lowest BCUT2D eigenvalue weighted by Crippen LogP contribution is -2.30. The molecule has 31 heavy (non-hydrogen) atoms. The molecule has 0 saturated carbocycles. The van der Waals surface area contributed by atoms with Crippen molar-refractivity contribution < 1.29 is 14.3 Å². The van der Waals surface area contributed by atoms with E-state index in [-0.39, 0.29) is 5.91 Å². The fourth-order valence-electron chi connectivity index (χ4n) is 2.88. The van der Waals surface area contributed by atoms with Gasteiger partial charge in [-0.3, -0.25) is 4.79 Å². The van der Waals surface area contributed by atoms with E-state index < -0.39 is 6.10 Å². The number of rotatable bonds is 6. The Kier molecular flexibility index (Phi) is 5.97. The highest BCUT2D eigenvalue weighted by Gasteiger charge is 2.17. The van der Waals surface area contributed by atoms with Crippen molar-refractivity contribution in [1.82, 2.24) is 15.0 Å². The Labute approximate surface area is 188 Å². The molecule has 158 valence electrons. The van der Waals surface area contributed by atoms with Crippen molar-refractivity contribution in [2.45, 2.75) is 13.0 Å². The van der Waals surface area contributed by atoms with Gasteiger partial charge in [0.2, 0.25) is 0 Å². The lowest BCUT2D eigenvalue weighted by atomic mass is 10.2. The molecule has 0 spiro atoms. The number of fused-ring (bicyclic) bond motifs is 1. The number of carbonyl (C=O) groups excluding carboxylic acids is 1. The van der Waals surface area contributed by atoms with Gasteiger partial charge in [-0.1, -0.05) is 23.2 Å². The van der Waals surface area contributed by atoms with Crippen molar-refractivity contribution in [3.8, 4) is 17.2 Å². The number of carbonyl (C=O) groups is 1. The number of hydrogen-bond donors (Lipinski definition) is 1. The molecule has 1 aromatic heterocycles. The van der Waals surface area contributed by atoms with Gasteiger partial charge in [0, 0.05) is 10.7 Å². The molecule has 1 heterocycles. The van der Waals surface area contributed by atoms with Gasteiger partial charge >= 0.3 is 0 Å². The summed E-state index contributed by atoms with van der Waals surface area (Å²) in [5, 5.41) is 12.6. The van der Waals surface area contributed by atoms with Gasteiger partial charge in [-0.15, -0.1) is 10.2 Å². The minimum atomic E-state index is -0.774. The molecule has 0 saturated heterocycles. The van der Waals surface area contributed by atoms with Crippen molar-refractivity contribution in [1.29, 1.82) is 0 Å². The van der Waals surface area contributed by atoms with Crippen LogP contribution in [0.15, 0.2) is 60.7 Å². The quantitative estimate of drug-likeness (QED) is 0.434. The van der Waals surface area contributed by atoms with Crippen molar-refractivity contribution >= 4 is 45.8 Å². The number of hydrogen-bond acceptors (Lipinski definition) is 5. The van der Waals surface area contributed by atoms with Crippen LogP contribution in [0.3, 0.4) is 0 Å². The van der Waals surface area contributed by atoms with E-state index in [9.17, 15) is 4.79 Å². The fourth-order valence-corrected chi connectivity index (χ4v) is 3.34. The van der Waals surface area contributed by atoms with Gasteiger partial charge in [-0.25, -0.2) is 0 Å². The maximum Gasteiger partial charge on any atom is 0.265 e. The molecular formula is C22H18Cl2N4O3. The first-order valence-electron chi connectivity index (χ1n) is 9.37. The highest BCUT2D eigenvalue weighted by Crippen LogP contribution is 2.28. The van der Waals surface area contributed by atoms with Gasteiger partial charge in [0.15, 0.2) is 6.10 Å². The maximum absolute atomic E-state index is 12.6. The van der Waals surface area contributed by atoms with Gasteiger partial charge < -0.3 is 14.8 Å². The number of nitrogens with one attached hydrogen (secondary N) is 1. The van der Waals surface area contributed by atoms with E-state index in [1.807, 2.05) is 24.3 Å². The average molecular weight is 457 g/mol. The molecule has 0 radical (unpaired) electrons. The van der Waals surface area contributed by atoms with Crippen molar-refractivity contribution in [3.63, 3.8) is 0 Å². The van der Waals surface area contributed by atoms with Crippen LogP contribution in [0.2, 0.25) is 10.0 Å². The van der Waals surface area contributed by atoms with E-state index in [2.05, 4.69) is 15.5 Å². The van der Waals surface area contributed by atoms with E-state index in [1.165, 1.54) is 4.80 Å². The van der Waals surface area contributed by atoms with E-state index in [0.29, 0.717) is 32.5 Å². The molecule has 0 fully saturated rings. The summed E-state index contributed by atoms with van der Waals surface area (Å²) in [6, 6.07) is 17.5. The van der Waals surface area contributed by atoms with Crippen LogP contribution < -0.4 is 14.8 Å². The summed E-state index contributed by atoms with van der Waals surface area (Å²) >= 11 is 12.0. The number of nitrogens with zero attached hydrogens (tertiary/aromatic N) is 3. The zero-order valence-corrected chi connectivity index (χ0v) is 18.2. The second-order valence-electron chi connectivity index (χ2n) is 6.72. The van der Waals surface area contributed by atoms with Gasteiger partial charge in [0.05, 0.1) is 17.8 Å². The van der Waals surface area contributed by atoms with E-state index in [4.69, 9.17) is 32.7 Å². The number of methoxy groups -OCH3 is 1. The van der Waals surface area contributed by atoms with E-state index in [0.717, 1.165) is 11.4 Å². The predicted octanol–water partition coefficient (Wildman–Crippen LogP) is 5.14. The number of benzene rings is 3. The minimum absolute atomic E-state index is 0.326. The van der Waals surface area contributed by atoms with Crippen molar-refractivity contribution in [3.05, 3.63) is 70.7 Å². The first kappa shape index (κ1) is 21.0. The molecule has 0 aliphatic rings. The lowest BCUT2D eigenvalue weighted by Gasteiger charge is -2.15. The number of halogens is 2. The van der Waals surface area contributed by atoms with Crippen LogP contribution in [0, 0.1) is 0 Å². The van der Waals surface area contributed by atoms with Crippen LogP contribution in [0.1, 0.15) is 6.92 Å². The Bertz CT molecular complexity index is 1240. The Morgan fingerprint density at radius 1 is 1.00 bits per heavy atom. The summed E-state index contributed by atoms with van der Waals surface area (Å²) in [6.07, 6.45) is -0.774. The van der Waals surface area contributed by atoms with Crippen LogP contribution in [0.4, 0.5) is 5.69 Å². The zero-order valence-electron chi connectivity index (χ0n) is 16.7. The van der Waals surface area contributed by atoms with Gasteiger partial charge in [0.25, 0.3) is 5.91 Å². The Morgan fingerprint density at radius 2 is 1.74 bits per heavy atom.